The molecule has 0 heterocycles. The minimum absolute atomic E-state index is 0.00925. The number of rotatable bonds is 7. The van der Waals surface area contributed by atoms with Crippen LogP contribution < -0.4 is 15.8 Å². The number of urea groups is 1. The average molecular weight is 314 g/mol. The molecule has 0 unspecified atom stereocenters. The monoisotopic (exact) mass is 314 g/mol. The third-order valence-electron chi connectivity index (χ3n) is 3.05. The summed E-state index contributed by atoms with van der Waals surface area (Å²) in [4.78, 5) is 13.9. The van der Waals surface area contributed by atoms with Gasteiger partial charge in [-0.1, -0.05) is 13.8 Å². The molecule has 21 heavy (non-hydrogen) atoms. The van der Waals surface area contributed by atoms with E-state index in [2.05, 4.69) is 29.4 Å². The van der Waals surface area contributed by atoms with Crippen LogP contribution in [0, 0.1) is 0 Å². The van der Waals surface area contributed by atoms with E-state index < -0.39 is 10.0 Å². The highest BCUT2D eigenvalue weighted by Crippen LogP contribution is 2.12. The van der Waals surface area contributed by atoms with Crippen LogP contribution in [0.3, 0.4) is 0 Å². The van der Waals surface area contributed by atoms with Gasteiger partial charge in [-0.05, 0) is 37.4 Å². The minimum Gasteiger partial charge on any atom is -0.337 e. The number of carbonyl (C=O) groups excluding carboxylic acids is 1. The average Bonchev–Trinajstić information content (AvgIpc) is 2.43. The summed E-state index contributed by atoms with van der Waals surface area (Å²) in [6, 6.07) is 5.35. The first kappa shape index (κ1) is 17.4. The van der Waals surface area contributed by atoms with Gasteiger partial charge in [0.1, 0.15) is 0 Å². The molecule has 2 amide bonds. The van der Waals surface area contributed by atoms with E-state index in [9.17, 15) is 13.2 Å². The molecule has 0 saturated heterocycles. The van der Waals surface area contributed by atoms with Crippen molar-refractivity contribution < 1.29 is 13.2 Å². The van der Waals surface area contributed by atoms with E-state index in [1.54, 1.807) is 0 Å². The van der Waals surface area contributed by atoms with E-state index in [0.717, 1.165) is 19.6 Å². The number of sulfonamides is 1. The van der Waals surface area contributed by atoms with E-state index >= 15 is 0 Å². The van der Waals surface area contributed by atoms with Gasteiger partial charge in [0.05, 0.1) is 4.90 Å². The second kappa shape index (κ2) is 7.96. The Balaban J connectivity index is 2.45. The number of nitrogens with one attached hydrogen (secondary N) is 2. The predicted octanol–water partition coefficient (Wildman–Crippen LogP) is 0.797. The summed E-state index contributed by atoms with van der Waals surface area (Å²) in [6.45, 7) is 7.34. The minimum atomic E-state index is -3.71. The van der Waals surface area contributed by atoms with Crippen molar-refractivity contribution in [3.63, 3.8) is 0 Å². The van der Waals surface area contributed by atoms with Crippen molar-refractivity contribution >= 4 is 21.7 Å². The highest BCUT2D eigenvalue weighted by Gasteiger charge is 2.08. The lowest BCUT2D eigenvalue weighted by atomic mass is 10.3. The second-order valence-corrected chi connectivity index (χ2v) is 6.04. The van der Waals surface area contributed by atoms with E-state index in [4.69, 9.17) is 5.14 Å². The van der Waals surface area contributed by atoms with Crippen molar-refractivity contribution in [2.24, 2.45) is 5.14 Å². The summed E-state index contributed by atoms with van der Waals surface area (Å²) in [6.07, 6.45) is 0. The van der Waals surface area contributed by atoms with Crippen LogP contribution in [-0.2, 0) is 10.0 Å². The standard InChI is InChI=1S/C13H22N4O3S/c1-3-17(4-2)10-9-15-13(18)16-11-5-7-12(8-6-11)21(14,19)20/h5-8H,3-4,9-10H2,1-2H3,(H2,14,19,20)(H2,15,16,18). The molecule has 1 aromatic rings. The lowest BCUT2D eigenvalue weighted by molar-refractivity contribution is 0.248. The molecule has 118 valence electrons. The maximum Gasteiger partial charge on any atom is 0.319 e. The number of benzene rings is 1. The number of hydrogen-bond acceptors (Lipinski definition) is 4. The van der Waals surface area contributed by atoms with Gasteiger partial charge >= 0.3 is 6.03 Å². The number of nitrogens with zero attached hydrogens (tertiary/aromatic N) is 1. The molecule has 0 aliphatic heterocycles. The number of likely N-dealkylation sites (N-methyl/N-ethyl adjacent to an activating group) is 1. The Labute approximate surface area is 125 Å². The van der Waals surface area contributed by atoms with Gasteiger partial charge in [0, 0.05) is 18.8 Å². The topological polar surface area (TPSA) is 105 Å². The van der Waals surface area contributed by atoms with Gasteiger partial charge in [0.25, 0.3) is 0 Å². The van der Waals surface area contributed by atoms with Crippen LogP contribution in [0.4, 0.5) is 10.5 Å². The summed E-state index contributed by atoms with van der Waals surface area (Å²) in [5.41, 5.74) is 0.503. The molecule has 1 aromatic carbocycles. The molecule has 0 aliphatic rings. The number of amides is 2. The Kier molecular flexibility index (Phi) is 6.60. The van der Waals surface area contributed by atoms with Crippen molar-refractivity contribution in [1.29, 1.82) is 0 Å². The number of carbonyl (C=O) groups is 1. The summed E-state index contributed by atoms with van der Waals surface area (Å²) < 4.78 is 22.2. The molecule has 7 nitrogen and oxygen atoms in total. The Morgan fingerprint density at radius 2 is 1.76 bits per heavy atom. The zero-order valence-corrected chi connectivity index (χ0v) is 13.1. The van der Waals surface area contributed by atoms with Gasteiger partial charge in [0.15, 0.2) is 0 Å². The fourth-order valence-electron chi connectivity index (χ4n) is 1.77. The van der Waals surface area contributed by atoms with Gasteiger partial charge in [-0.2, -0.15) is 0 Å². The van der Waals surface area contributed by atoms with E-state index in [-0.39, 0.29) is 10.9 Å². The first-order valence-corrected chi connectivity index (χ1v) is 8.31. The number of nitrogens with two attached hydrogens (primary N) is 1. The van der Waals surface area contributed by atoms with Crippen LogP contribution in [-0.4, -0.2) is 45.5 Å². The van der Waals surface area contributed by atoms with Crippen molar-refractivity contribution in [2.75, 3.05) is 31.5 Å². The maximum atomic E-state index is 11.7. The van der Waals surface area contributed by atoms with Gasteiger partial charge < -0.3 is 15.5 Å². The van der Waals surface area contributed by atoms with E-state index in [1.807, 2.05) is 0 Å². The zero-order valence-electron chi connectivity index (χ0n) is 12.3. The van der Waals surface area contributed by atoms with Crippen molar-refractivity contribution in [1.82, 2.24) is 10.2 Å². The molecule has 0 spiro atoms. The van der Waals surface area contributed by atoms with Crippen molar-refractivity contribution in [3.8, 4) is 0 Å². The first-order valence-electron chi connectivity index (χ1n) is 6.77. The predicted molar refractivity (Wildman–Crippen MR) is 82.6 cm³/mol. The lowest BCUT2D eigenvalue weighted by Gasteiger charge is -2.18. The molecule has 0 fully saturated rings. The largest absolute Gasteiger partial charge is 0.337 e. The normalized spacial score (nSPS) is 11.4. The Morgan fingerprint density at radius 3 is 2.24 bits per heavy atom. The van der Waals surface area contributed by atoms with Gasteiger partial charge in [-0.15, -0.1) is 0 Å². The Morgan fingerprint density at radius 1 is 1.19 bits per heavy atom. The quantitative estimate of drug-likeness (QED) is 0.692. The van der Waals surface area contributed by atoms with Crippen LogP contribution in [0.5, 0.6) is 0 Å². The van der Waals surface area contributed by atoms with Crippen LogP contribution in [0.2, 0.25) is 0 Å². The molecule has 1 rings (SSSR count). The molecule has 8 heteroatoms. The van der Waals surface area contributed by atoms with Crippen LogP contribution >= 0.6 is 0 Å². The third-order valence-corrected chi connectivity index (χ3v) is 3.98. The fraction of sp³-hybridized carbons (Fsp3) is 0.462. The molecule has 0 radical (unpaired) electrons. The number of anilines is 1. The smallest absolute Gasteiger partial charge is 0.319 e. The first-order chi connectivity index (χ1) is 9.86. The SMILES string of the molecule is CCN(CC)CCNC(=O)Nc1ccc(S(N)(=O)=O)cc1. The van der Waals surface area contributed by atoms with E-state index in [1.165, 1.54) is 24.3 Å². The molecular weight excluding hydrogens is 292 g/mol. The molecule has 0 aromatic heterocycles. The molecule has 0 atom stereocenters. The second-order valence-electron chi connectivity index (χ2n) is 4.48. The van der Waals surface area contributed by atoms with Crippen molar-refractivity contribution in [3.05, 3.63) is 24.3 Å². The molecule has 0 aliphatic carbocycles. The molecular formula is C13H22N4O3S. The summed E-state index contributed by atoms with van der Waals surface area (Å²) in [5.74, 6) is 0. The lowest BCUT2D eigenvalue weighted by Crippen LogP contribution is -2.36. The van der Waals surface area contributed by atoms with Gasteiger partial charge in [-0.3, -0.25) is 0 Å². The Bertz CT molecular complexity index is 553. The molecule has 0 bridgehead atoms. The van der Waals surface area contributed by atoms with E-state index in [0.29, 0.717) is 12.2 Å². The number of hydrogen-bond donors (Lipinski definition) is 3. The third kappa shape index (κ3) is 6.11. The van der Waals surface area contributed by atoms with Gasteiger partial charge in [0.2, 0.25) is 10.0 Å². The van der Waals surface area contributed by atoms with Crippen LogP contribution in [0.1, 0.15) is 13.8 Å². The highest BCUT2D eigenvalue weighted by molar-refractivity contribution is 7.89. The van der Waals surface area contributed by atoms with Crippen LogP contribution in [0.15, 0.2) is 29.2 Å². The summed E-state index contributed by atoms with van der Waals surface area (Å²) in [7, 11) is -3.71. The number of primary sulfonamides is 1. The van der Waals surface area contributed by atoms with Gasteiger partial charge in [-0.25, -0.2) is 18.4 Å². The molecule has 4 N–H and O–H groups in total. The highest BCUT2D eigenvalue weighted by atomic mass is 32.2. The fourth-order valence-corrected chi connectivity index (χ4v) is 2.29. The van der Waals surface area contributed by atoms with Crippen LogP contribution in [0.25, 0.3) is 0 Å². The maximum absolute atomic E-state index is 11.7. The molecule has 0 saturated carbocycles. The summed E-state index contributed by atoms with van der Waals surface area (Å²) in [5, 5.41) is 10.4. The van der Waals surface area contributed by atoms with Crippen molar-refractivity contribution in [2.45, 2.75) is 18.7 Å². The summed E-state index contributed by atoms with van der Waals surface area (Å²) >= 11 is 0. The Hall–Kier alpha value is -1.64. The zero-order chi connectivity index (χ0) is 15.9.